The van der Waals surface area contributed by atoms with Crippen LogP contribution in [0.3, 0.4) is 0 Å². The average Bonchev–Trinajstić information content (AvgIpc) is 3.23. The lowest BCUT2D eigenvalue weighted by Gasteiger charge is -2.28. The number of aromatic carboxylic acids is 1. The minimum atomic E-state index is -1.12. The molecule has 0 saturated heterocycles. The zero-order valence-corrected chi connectivity index (χ0v) is 14.6. The molecule has 1 saturated carbocycles. The van der Waals surface area contributed by atoms with Gasteiger partial charge in [0.05, 0.1) is 12.0 Å². The molecular formula is C18H18BrNO4. The number of hydrogen-bond acceptors (Lipinski definition) is 3. The lowest BCUT2D eigenvalue weighted by Crippen LogP contribution is -2.42. The van der Waals surface area contributed by atoms with E-state index in [0.717, 1.165) is 35.7 Å². The molecule has 3 rings (SSSR count). The largest absolute Gasteiger partial charge is 0.475 e. The molecule has 0 bridgehead atoms. The number of rotatable bonds is 5. The maximum Gasteiger partial charge on any atom is 0.371 e. The molecule has 0 aliphatic heterocycles. The Morgan fingerprint density at radius 3 is 2.58 bits per heavy atom. The molecule has 24 heavy (non-hydrogen) atoms. The van der Waals surface area contributed by atoms with Gasteiger partial charge in [0.1, 0.15) is 5.76 Å². The summed E-state index contributed by atoms with van der Waals surface area (Å²) >= 11 is 3.47. The fourth-order valence-electron chi connectivity index (χ4n) is 3.34. The highest BCUT2D eigenvalue weighted by molar-refractivity contribution is 9.10. The van der Waals surface area contributed by atoms with E-state index in [0.29, 0.717) is 5.76 Å². The number of halogens is 1. The maximum absolute atomic E-state index is 12.9. The van der Waals surface area contributed by atoms with Crippen molar-refractivity contribution >= 4 is 27.8 Å². The highest BCUT2D eigenvalue weighted by atomic mass is 79.9. The maximum atomic E-state index is 12.9. The number of carboxylic acid groups (broad SMARTS) is 1. The van der Waals surface area contributed by atoms with Crippen LogP contribution in [0.25, 0.3) is 0 Å². The predicted molar refractivity (Wildman–Crippen MR) is 91.8 cm³/mol. The van der Waals surface area contributed by atoms with Crippen molar-refractivity contribution in [3.8, 4) is 0 Å². The van der Waals surface area contributed by atoms with Crippen molar-refractivity contribution in [1.82, 2.24) is 5.32 Å². The summed E-state index contributed by atoms with van der Waals surface area (Å²) in [6.45, 7) is 0.182. The Hall–Kier alpha value is -2.08. The van der Waals surface area contributed by atoms with Crippen molar-refractivity contribution in [1.29, 1.82) is 0 Å². The SMILES string of the molecule is O=C(O)c1ccc(CNC(=O)C2(c3cccc(Br)c3)CCCC2)o1. The summed E-state index contributed by atoms with van der Waals surface area (Å²) < 4.78 is 6.15. The highest BCUT2D eigenvalue weighted by Crippen LogP contribution is 2.42. The van der Waals surface area contributed by atoms with Gasteiger partial charge in [0.15, 0.2) is 0 Å². The first-order valence-electron chi connectivity index (χ1n) is 7.88. The molecule has 1 aliphatic carbocycles. The first-order valence-corrected chi connectivity index (χ1v) is 8.67. The number of benzene rings is 1. The molecule has 0 spiro atoms. The number of carbonyl (C=O) groups is 2. The average molecular weight is 392 g/mol. The molecule has 0 atom stereocenters. The van der Waals surface area contributed by atoms with E-state index < -0.39 is 11.4 Å². The minimum absolute atomic E-state index is 0.0358. The number of nitrogens with one attached hydrogen (secondary N) is 1. The summed E-state index contributed by atoms with van der Waals surface area (Å²) in [4.78, 5) is 23.8. The van der Waals surface area contributed by atoms with Gasteiger partial charge in [-0.05, 0) is 42.7 Å². The van der Waals surface area contributed by atoms with Crippen molar-refractivity contribution in [2.75, 3.05) is 0 Å². The number of amides is 1. The number of furan rings is 1. The van der Waals surface area contributed by atoms with E-state index in [-0.39, 0.29) is 18.2 Å². The van der Waals surface area contributed by atoms with Gasteiger partial charge in [0.25, 0.3) is 0 Å². The van der Waals surface area contributed by atoms with Crippen LogP contribution in [0.5, 0.6) is 0 Å². The number of hydrogen-bond donors (Lipinski definition) is 2. The monoisotopic (exact) mass is 391 g/mol. The number of carboxylic acids is 1. The van der Waals surface area contributed by atoms with E-state index in [2.05, 4.69) is 21.2 Å². The van der Waals surface area contributed by atoms with Gasteiger partial charge in [0.2, 0.25) is 11.7 Å². The second-order valence-electron chi connectivity index (χ2n) is 6.05. The Morgan fingerprint density at radius 2 is 1.96 bits per heavy atom. The van der Waals surface area contributed by atoms with Crippen molar-refractivity contribution in [3.05, 3.63) is 58.0 Å². The third kappa shape index (κ3) is 3.24. The fourth-order valence-corrected chi connectivity index (χ4v) is 3.74. The lowest BCUT2D eigenvalue weighted by molar-refractivity contribution is -0.126. The van der Waals surface area contributed by atoms with Crippen LogP contribution >= 0.6 is 15.9 Å². The van der Waals surface area contributed by atoms with E-state index in [1.165, 1.54) is 6.07 Å². The standard InChI is InChI=1S/C18H18BrNO4/c19-13-5-3-4-12(10-13)18(8-1-2-9-18)17(23)20-11-14-6-7-15(24-14)16(21)22/h3-7,10H,1-2,8-9,11H2,(H,20,23)(H,21,22). The summed E-state index contributed by atoms with van der Waals surface area (Å²) in [6.07, 6.45) is 3.66. The number of carbonyl (C=O) groups excluding carboxylic acids is 1. The van der Waals surface area contributed by atoms with Crippen molar-refractivity contribution in [2.45, 2.75) is 37.6 Å². The van der Waals surface area contributed by atoms with E-state index in [1.807, 2.05) is 24.3 Å². The van der Waals surface area contributed by atoms with Crippen LogP contribution in [0.1, 0.15) is 47.6 Å². The van der Waals surface area contributed by atoms with E-state index in [1.54, 1.807) is 6.07 Å². The Bertz CT molecular complexity index is 762. The molecule has 1 heterocycles. The van der Waals surface area contributed by atoms with Gasteiger partial charge in [-0.1, -0.05) is 40.9 Å². The Labute approximate surface area is 148 Å². The van der Waals surface area contributed by atoms with Crippen molar-refractivity contribution in [3.63, 3.8) is 0 Å². The molecule has 0 radical (unpaired) electrons. The first kappa shape index (κ1) is 16.8. The molecule has 1 amide bonds. The van der Waals surface area contributed by atoms with Crippen molar-refractivity contribution < 1.29 is 19.1 Å². The molecule has 2 N–H and O–H groups in total. The van der Waals surface area contributed by atoms with Crippen LogP contribution < -0.4 is 5.32 Å². The molecule has 1 aliphatic rings. The van der Waals surface area contributed by atoms with Gasteiger partial charge >= 0.3 is 5.97 Å². The third-order valence-corrected chi connectivity index (χ3v) is 5.06. The molecule has 1 fully saturated rings. The van der Waals surface area contributed by atoms with Crippen LogP contribution in [-0.2, 0) is 16.8 Å². The Kier molecular flexibility index (Phi) is 4.76. The summed E-state index contributed by atoms with van der Waals surface area (Å²) in [6, 6.07) is 10.8. The van der Waals surface area contributed by atoms with Crippen LogP contribution in [0.4, 0.5) is 0 Å². The summed E-state index contributed by atoms with van der Waals surface area (Å²) in [7, 11) is 0. The van der Waals surface area contributed by atoms with Crippen LogP contribution in [0.2, 0.25) is 0 Å². The second-order valence-corrected chi connectivity index (χ2v) is 6.97. The Morgan fingerprint density at radius 1 is 1.21 bits per heavy atom. The third-order valence-electron chi connectivity index (χ3n) is 4.56. The smallest absolute Gasteiger partial charge is 0.371 e. The Balaban J connectivity index is 1.76. The summed E-state index contributed by atoms with van der Waals surface area (Å²) in [5, 5.41) is 11.8. The zero-order chi connectivity index (χ0) is 17.2. The van der Waals surface area contributed by atoms with Gasteiger partial charge in [-0.15, -0.1) is 0 Å². The van der Waals surface area contributed by atoms with E-state index in [9.17, 15) is 9.59 Å². The lowest BCUT2D eigenvalue weighted by atomic mass is 9.78. The van der Waals surface area contributed by atoms with Gasteiger partial charge in [-0.2, -0.15) is 0 Å². The normalized spacial score (nSPS) is 16.0. The highest BCUT2D eigenvalue weighted by Gasteiger charge is 2.42. The predicted octanol–water partition coefficient (Wildman–Crippen LogP) is 3.87. The summed E-state index contributed by atoms with van der Waals surface area (Å²) in [5.41, 5.74) is 0.490. The first-order chi connectivity index (χ1) is 11.5. The quantitative estimate of drug-likeness (QED) is 0.810. The van der Waals surface area contributed by atoms with Gasteiger partial charge in [0, 0.05) is 4.47 Å². The van der Waals surface area contributed by atoms with E-state index in [4.69, 9.17) is 9.52 Å². The van der Waals surface area contributed by atoms with Gasteiger partial charge < -0.3 is 14.8 Å². The molecular weight excluding hydrogens is 374 g/mol. The van der Waals surface area contributed by atoms with Gasteiger partial charge in [-0.25, -0.2) is 4.79 Å². The molecule has 5 nitrogen and oxygen atoms in total. The van der Waals surface area contributed by atoms with Gasteiger partial charge in [-0.3, -0.25) is 4.79 Å². The molecule has 6 heteroatoms. The summed E-state index contributed by atoms with van der Waals surface area (Å²) in [5.74, 6) is -0.842. The van der Waals surface area contributed by atoms with E-state index >= 15 is 0 Å². The van der Waals surface area contributed by atoms with Crippen molar-refractivity contribution in [2.24, 2.45) is 0 Å². The van der Waals surface area contributed by atoms with Crippen LogP contribution in [0.15, 0.2) is 45.3 Å². The van der Waals surface area contributed by atoms with Crippen LogP contribution in [-0.4, -0.2) is 17.0 Å². The fraction of sp³-hybridized carbons (Fsp3) is 0.333. The molecule has 1 aromatic heterocycles. The molecule has 0 unspecified atom stereocenters. The topological polar surface area (TPSA) is 79.5 Å². The molecule has 1 aromatic carbocycles. The van der Waals surface area contributed by atoms with Crippen LogP contribution in [0, 0.1) is 0 Å². The zero-order valence-electron chi connectivity index (χ0n) is 13.0. The molecule has 126 valence electrons. The minimum Gasteiger partial charge on any atom is -0.475 e. The molecule has 2 aromatic rings. The second kappa shape index (κ2) is 6.81.